The minimum atomic E-state index is 0.701. The molecule has 2 N–H and O–H groups in total. The van der Waals surface area contributed by atoms with Gasteiger partial charge in [-0.3, -0.25) is 4.68 Å². The van der Waals surface area contributed by atoms with Crippen molar-refractivity contribution in [1.82, 2.24) is 25.0 Å². The number of nitrogens with zero attached hydrogens (tertiary/aromatic N) is 4. The third-order valence-corrected chi connectivity index (χ3v) is 2.98. The molecule has 0 aliphatic carbocycles. The highest BCUT2D eigenvalue weighted by molar-refractivity contribution is 5.61. The van der Waals surface area contributed by atoms with Crippen molar-refractivity contribution in [3.8, 4) is 11.3 Å². The summed E-state index contributed by atoms with van der Waals surface area (Å²) in [6.45, 7) is 0.701. The van der Waals surface area contributed by atoms with E-state index in [0.717, 1.165) is 22.6 Å². The molecule has 0 saturated heterocycles. The molecule has 0 radical (unpaired) electrons. The molecule has 0 amide bonds. The molecule has 0 atom stereocenters. The van der Waals surface area contributed by atoms with Gasteiger partial charge in [0.1, 0.15) is 0 Å². The molecule has 6 heteroatoms. The summed E-state index contributed by atoms with van der Waals surface area (Å²) in [4.78, 5) is 7.10. The second kappa shape index (κ2) is 4.93. The van der Waals surface area contributed by atoms with Crippen LogP contribution in [0.3, 0.4) is 0 Å². The van der Waals surface area contributed by atoms with Crippen LogP contribution in [0.4, 0.5) is 5.69 Å². The fourth-order valence-corrected chi connectivity index (χ4v) is 1.84. The number of imidazole rings is 1. The van der Waals surface area contributed by atoms with Crippen LogP contribution in [0.1, 0.15) is 5.69 Å². The SMILES string of the molecule is Cn1nncc1CNc1ccc(-c2cnc[nH]2)cc1. The summed E-state index contributed by atoms with van der Waals surface area (Å²) in [5, 5.41) is 11.1. The number of benzene rings is 1. The van der Waals surface area contributed by atoms with Gasteiger partial charge in [-0.05, 0) is 17.7 Å². The monoisotopic (exact) mass is 254 g/mol. The van der Waals surface area contributed by atoms with Crippen molar-refractivity contribution >= 4 is 5.69 Å². The predicted octanol–water partition coefficient (Wildman–Crippen LogP) is 1.82. The van der Waals surface area contributed by atoms with Crippen molar-refractivity contribution in [2.45, 2.75) is 6.54 Å². The van der Waals surface area contributed by atoms with E-state index >= 15 is 0 Å². The van der Waals surface area contributed by atoms with Crippen LogP contribution in [0.15, 0.2) is 43.0 Å². The molecule has 2 aromatic heterocycles. The zero-order valence-electron chi connectivity index (χ0n) is 10.5. The highest BCUT2D eigenvalue weighted by atomic mass is 15.4. The molecule has 6 nitrogen and oxygen atoms in total. The first-order valence-corrected chi connectivity index (χ1v) is 5.99. The maximum absolute atomic E-state index is 4.01. The van der Waals surface area contributed by atoms with Crippen LogP contribution in [0.5, 0.6) is 0 Å². The van der Waals surface area contributed by atoms with Crippen LogP contribution in [0, 0.1) is 0 Å². The van der Waals surface area contributed by atoms with E-state index in [4.69, 9.17) is 0 Å². The lowest BCUT2D eigenvalue weighted by Gasteiger charge is -2.06. The first-order valence-electron chi connectivity index (χ1n) is 5.99. The highest BCUT2D eigenvalue weighted by Crippen LogP contribution is 2.18. The summed E-state index contributed by atoms with van der Waals surface area (Å²) in [7, 11) is 1.88. The smallest absolute Gasteiger partial charge is 0.0924 e. The van der Waals surface area contributed by atoms with Gasteiger partial charge in [-0.25, -0.2) is 4.98 Å². The van der Waals surface area contributed by atoms with Gasteiger partial charge in [0, 0.05) is 12.7 Å². The second-order valence-corrected chi connectivity index (χ2v) is 4.25. The zero-order chi connectivity index (χ0) is 13.1. The van der Waals surface area contributed by atoms with Gasteiger partial charge in [-0.1, -0.05) is 17.3 Å². The van der Waals surface area contributed by atoms with Crippen LogP contribution >= 0.6 is 0 Å². The molecule has 2 heterocycles. The van der Waals surface area contributed by atoms with Crippen LogP contribution in [-0.4, -0.2) is 25.0 Å². The van der Waals surface area contributed by atoms with E-state index in [1.165, 1.54) is 0 Å². The van der Waals surface area contributed by atoms with E-state index in [1.54, 1.807) is 17.2 Å². The van der Waals surface area contributed by atoms with E-state index in [-0.39, 0.29) is 0 Å². The van der Waals surface area contributed by atoms with E-state index < -0.39 is 0 Å². The van der Waals surface area contributed by atoms with Crippen molar-refractivity contribution < 1.29 is 0 Å². The van der Waals surface area contributed by atoms with Gasteiger partial charge >= 0.3 is 0 Å². The molecule has 3 rings (SSSR count). The molecule has 3 aromatic rings. The Bertz CT molecular complexity index is 638. The molecular weight excluding hydrogens is 240 g/mol. The van der Waals surface area contributed by atoms with Crippen LogP contribution in [-0.2, 0) is 13.6 Å². The Morgan fingerprint density at radius 1 is 1.21 bits per heavy atom. The summed E-state index contributed by atoms with van der Waals surface area (Å²) >= 11 is 0. The molecule has 0 aliphatic heterocycles. The summed E-state index contributed by atoms with van der Waals surface area (Å²) in [5.74, 6) is 0. The zero-order valence-corrected chi connectivity index (χ0v) is 10.5. The maximum Gasteiger partial charge on any atom is 0.0924 e. The number of aryl methyl sites for hydroxylation is 1. The number of anilines is 1. The molecule has 0 saturated carbocycles. The standard InChI is InChI=1S/C13H14N6/c1-19-12(7-17-18-19)6-15-11-4-2-10(3-5-11)13-8-14-9-16-13/h2-5,7-9,15H,6H2,1H3,(H,14,16). The Balaban J connectivity index is 1.68. The van der Waals surface area contributed by atoms with Gasteiger partial charge in [0.05, 0.1) is 36.7 Å². The van der Waals surface area contributed by atoms with Crippen LogP contribution in [0.25, 0.3) is 11.3 Å². The molecular formula is C13H14N6. The summed E-state index contributed by atoms with van der Waals surface area (Å²) in [6, 6.07) is 8.19. The van der Waals surface area contributed by atoms with Gasteiger partial charge in [0.2, 0.25) is 0 Å². The van der Waals surface area contributed by atoms with Crippen LogP contribution in [0.2, 0.25) is 0 Å². The molecule has 0 aliphatic rings. The van der Waals surface area contributed by atoms with Crippen molar-refractivity contribution in [3.05, 3.63) is 48.7 Å². The fourth-order valence-electron chi connectivity index (χ4n) is 1.84. The predicted molar refractivity (Wildman–Crippen MR) is 72.4 cm³/mol. The Morgan fingerprint density at radius 2 is 2.05 bits per heavy atom. The summed E-state index contributed by atoms with van der Waals surface area (Å²) < 4.78 is 1.76. The minimum absolute atomic E-state index is 0.701. The lowest BCUT2D eigenvalue weighted by Crippen LogP contribution is -2.05. The van der Waals surface area contributed by atoms with Gasteiger partial charge in [-0.15, -0.1) is 5.10 Å². The van der Waals surface area contributed by atoms with E-state index in [0.29, 0.717) is 6.54 Å². The molecule has 0 spiro atoms. The highest BCUT2D eigenvalue weighted by Gasteiger charge is 2.01. The first-order chi connectivity index (χ1) is 9.33. The topological polar surface area (TPSA) is 71.4 Å². The van der Waals surface area contributed by atoms with Gasteiger partial charge in [-0.2, -0.15) is 0 Å². The summed E-state index contributed by atoms with van der Waals surface area (Å²) in [6.07, 6.45) is 5.24. The van der Waals surface area contributed by atoms with Crippen molar-refractivity contribution in [2.75, 3.05) is 5.32 Å². The second-order valence-electron chi connectivity index (χ2n) is 4.25. The molecule has 0 bridgehead atoms. The number of nitrogens with one attached hydrogen (secondary N) is 2. The lowest BCUT2D eigenvalue weighted by atomic mass is 10.1. The third-order valence-electron chi connectivity index (χ3n) is 2.98. The summed E-state index contributed by atoms with van der Waals surface area (Å²) in [5.41, 5.74) is 4.23. The molecule has 19 heavy (non-hydrogen) atoms. The number of hydrogen-bond donors (Lipinski definition) is 2. The first kappa shape index (κ1) is 11.5. The minimum Gasteiger partial charge on any atom is -0.379 e. The number of H-pyrrole nitrogens is 1. The largest absolute Gasteiger partial charge is 0.379 e. The normalized spacial score (nSPS) is 10.6. The van der Waals surface area contributed by atoms with Crippen molar-refractivity contribution in [1.29, 1.82) is 0 Å². The quantitative estimate of drug-likeness (QED) is 0.745. The lowest BCUT2D eigenvalue weighted by molar-refractivity contribution is 0.683. The van der Waals surface area contributed by atoms with Crippen molar-refractivity contribution in [3.63, 3.8) is 0 Å². The molecule has 96 valence electrons. The molecule has 1 aromatic carbocycles. The van der Waals surface area contributed by atoms with Crippen molar-refractivity contribution in [2.24, 2.45) is 7.05 Å². The van der Waals surface area contributed by atoms with Gasteiger partial charge in [0.15, 0.2) is 0 Å². The van der Waals surface area contributed by atoms with E-state index in [9.17, 15) is 0 Å². The Morgan fingerprint density at radius 3 is 2.68 bits per heavy atom. The third kappa shape index (κ3) is 2.47. The number of aromatic amines is 1. The number of rotatable bonds is 4. The Hall–Kier alpha value is -2.63. The molecule has 0 fully saturated rings. The van der Waals surface area contributed by atoms with E-state index in [2.05, 4.69) is 37.7 Å². The average molecular weight is 254 g/mol. The maximum atomic E-state index is 4.01. The van der Waals surface area contributed by atoms with E-state index in [1.807, 2.05) is 25.4 Å². The van der Waals surface area contributed by atoms with Crippen LogP contribution < -0.4 is 5.32 Å². The number of hydrogen-bond acceptors (Lipinski definition) is 4. The Kier molecular flexibility index (Phi) is 2.97. The molecule has 0 unspecified atom stereocenters. The van der Waals surface area contributed by atoms with Gasteiger partial charge < -0.3 is 10.3 Å². The van der Waals surface area contributed by atoms with Gasteiger partial charge in [0.25, 0.3) is 0 Å². The fraction of sp³-hybridized carbons (Fsp3) is 0.154. The Labute approximate surface area is 110 Å². The average Bonchev–Trinajstić information content (AvgIpc) is 3.09. The number of aromatic nitrogens is 5.